The number of nitrogens with zero attached hydrogens (tertiary/aromatic N) is 2. The minimum absolute atomic E-state index is 0.216. The molecule has 0 atom stereocenters. The summed E-state index contributed by atoms with van der Waals surface area (Å²) in [5, 5.41) is 0. The lowest BCUT2D eigenvalue weighted by molar-refractivity contribution is -0.127. The van der Waals surface area contributed by atoms with E-state index < -0.39 is 5.91 Å². The molecule has 0 saturated carbocycles. The number of nitrogens with two attached hydrogens (primary N) is 1. The molecule has 2 N–H and O–H groups in total. The van der Waals surface area contributed by atoms with Gasteiger partial charge in [-0.05, 0) is 43.9 Å². The molecule has 0 bridgehead atoms. The van der Waals surface area contributed by atoms with Crippen LogP contribution < -0.4 is 5.73 Å². The first-order chi connectivity index (χ1) is 12.9. The maximum atomic E-state index is 13.8. The van der Waals surface area contributed by atoms with E-state index in [0.29, 0.717) is 37.1 Å². The van der Waals surface area contributed by atoms with Crippen molar-refractivity contribution in [2.24, 2.45) is 5.73 Å². The number of hydrogen-bond donors (Lipinski definition) is 1. The van der Waals surface area contributed by atoms with E-state index >= 15 is 0 Å². The fourth-order valence-corrected chi connectivity index (χ4v) is 4.08. The Kier molecular flexibility index (Phi) is 5.63. The number of benzene rings is 1. The number of carbonyl (C=O) groups is 2. The monoisotopic (exact) mass is 371 g/mol. The van der Waals surface area contributed by atoms with Gasteiger partial charge in [0.25, 0.3) is 5.91 Å². The zero-order chi connectivity index (χ0) is 19.6. The number of carbonyl (C=O) groups excluding carboxylic acids is 2. The summed E-state index contributed by atoms with van der Waals surface area (Å²) in [6.07, 6.45) is 3.06. The molecular weight excluding hydrogens is 345 g/mol. The summed E-state index contributed by atoms with van der Waals surface area (Å²) in [5.41, 5.74) is 9.28. The highest BCUT2D eigenvalue weighted by Crippen LogP contribution is 2.33. The van der Waals surface area contributed by atoms with Crippen LogP contribution in [-0.2, 0) is 17.8 Å². The zero-order valence-corrected chi connectivity index (χ0v) is 15.9. The Morgan fingerprint density at radius 3 is 2.67 bits per heavy atom. The lowest BCUT2D eigenvalue weighted by Crippen LogP contribution is -2.26. The Morgan fingerprint density at radius 1 is 1.30 bits per heavy atom. The molecule has 144 valence electrons. The van der Waals surface area contributed by atoms with Gasteiger partial charge in [-0.25, -0.2) is 4.39 Å². The number of aromatic nitrogens is 1. The van der Waals surface area contributed by atoms with Gasteiger partial charge >= 0.3 is 0 Å². The molecule has 1 saturated heterocycles. The first kappa shape index (κ1) is 19.1. The van der Waals surface area contributed by atoms with E-state index in [1.54, 1.807) is 12.1 Å². The van der Waals surface area contributed by atoms with Gasteiger partial charge in [-0.15, -0.1) is 0 Å². The smallest absolute Gasteiger partial charge is 0.251 e. The molecule has 1 aliphatic rings. The second-order valence-electron chi connectivity index (χ2n) is 7.00. The minimum atomic E-state index is -0.505. The first-order valence-corrected chi connectivity index (χ1v) is 9.49. The molecule has 1 aromatic carbocycles. The van der Waals surface area contributed by atoms with Crippen LogP contribution in [-0.4, -0.2) is 34.4 Å². The molecule has 6 heteroatoms. The Labute approximate surface area is 159 Å². The van der Waals surface area contributed by atoms with Gasteiger partial charge in [0.05, 0.1) is 5.56 Å². The van der Waals surface area contributed by atoms with Crippen LogP contribution in [0.3, 0.4) is 0 Å². The normalized spacial score (nSPS) is 14.2. The molecule has 0 aliphatic carbocycles. The van der Waals surface area contributed by atoms with Gasteiger partial charge in [0.2, 0.25) is 5.91 Å². The molecule has 1 fully saturated rings. The summed E-state index contributed by atoms with van der Waals surface area (Å²) in [6, 6.07) is 6.26. The third-order valence-electron chi connectivity index (χ3n) is 5.31. The van der Waals surface area contributed by atoms with Crippen LogP contribution in [0.4, 0.5) is 4.39 Å². The van der Waals surface area contributed by atoms with Crippen molar-refractivity contribution in [3.05, 3.63) is 47.0 Å². The minimum Gasteiger partial charge on any atom is -0.366 e. The lowest BCUT2D eigenvalue weighted by atomic mass is 9.99. The molecule has 27 heavy (non-hydrogen) atoms. The summed E-state index contributed by atoms with van der Waals surface area (Å²) in [4.78, 5) is 25.9. The number of primary amides is 1. The second kappa shape index (κ2) is 7.94. The highest BCUT2D eigenvalue weighted by Gasteiger charge is 2.25. The largest absolute Gasteiger partial charge is 0.366 e. The molecule has 2 aromatic rings. The number of rotatable bonds is 7. The highest BCUT2D eigenvalue weighted by atomic mass is 19.1. The van der Waals surface area contributed by atoms with Gasteiger partial charge < -0.3 is 15.2 Å². The van der Waals surface area contributed by atoms with Crippen LogP contribution in [0.15, 0.2) is 24.3 Å². The maximum Gasteiger partial charge on any atom is 0.251 e. The molecule has 0 unspecified atom stereocenters. The Bertz CT molecular complexity index is 873. The molecule has 0 spiro atoms. The van der Waals surface area contributed by atoms with E-state index in [4.69, 9.17) is 5.73 Å². The van der Waals surface area contributed by atoms with Crippen molar-refractivity contribution in [3.8, 4) is 11.1 Å². The quantitative estimate of drug-likeness (QED) is 0.812. The van der Waals surface area contributed by atoms with Gasteiger partial charge in [-0.2, -0.15) is 0 Å². The third kappa shape index (κ3) is 3.75. The predicted molar refractivity (Wildman–Crippen MR) is 103 cm³/mol. The summed E-state index contributed by atoms with van der Waals surface area (Å²) >= 11 is 0. The number of amides is 2. The fraction of sp³-hybridized carbons (Fsp3) is 0.429. The van der Waals surface area contributed by atoms with Crippen LogP contribution >= 0.6 is 0 Å². The lowest BCUT2D eigenvalue weighted by Gasteiger charge is -2.17. The number of likely N-dealkylation sites (tertiary alicyclic amines) is 1. The molecule has 5 nitrogen and oxygen atoms in total. The zero-order valence-electron chi connectivity index (χ0n) is 15.9. The average Bonchev–Trinajstić information content (AvgIpc) is 3.16. The third-order valence-corrected chi connectivity index (χ3v) is 5.31. The summed E-state index contributed by atoms with van der Waals surface area (Å²) in [7, 11) is 0. The first-order valence-electron chi connectivity index (χ1n) is 9.49. The van der Waals surface area contributed by atoms with Gasteiger partial charge in [0.15, 0.2) is 0 Å². The van der Waals surface area contributed by atoms with E-state index in [-0.39, 0.29) is 11.7 Å². The van der Waals surface area contributed by atoms with Crippen molar-refractivity contribution >= 4 is 11.8 Å². The Morgan fingerprint density at radius 2 is 2.07 bits per heavy atom. The van der Waals surface area contributed by atoms with Gasteiger partial charge in [-0.1, -0.05) is 19.1 Å². The standard InChI is InChI=1S/C21H26FN3O2/c1-3-17-20(15-7-4-8-16(22)13-15)19(21(23)27)14(2)25(17)12-6-11-24-10-5-9-18(24)26/h4,7-8,13H,3,5-6,9-12H2,1-2H3,(H2,23,27). The molecule has 2 heterocycles. The van der Waals surface area contributed by atoms with Crippen LogP contribution in [0.2, 0.25) is 0 Å². The Hall–Kier alpha value is -2.63. The summed E-state index contributed by atoms with van der Waals surface area (Å²) in [6.45, 7) is 6.12. The van der Waals surface area contributed by atoms with E-state index in [0.717, 1.165) is 36.3 Å². The van der Waals surface area contributed by atoms with Crippen LogP contribution in [0.25, 0.3) is 11.1 Å². The summed E-state index contributed by atoms with van der Waals surface area (Å²) in [5.74, 6) is -0.633. The molecule has 0 radical (unpaired) electrons. The van der Waals surface area contributed by atoms with Crippen LogP contribution in [0.1, 0.15) is 47.9 Å². The van der Waals surface area contributed by atoms with Gasteiger partial charge in [-0.3, -0.25) is 9.59 Å². The Balaban J connectivity index is 1.95. The van der Waals surface area contributed by atoms with Crippen molar-refractivity contribution in [2.45, 2.75) is 46.1 Å². The van der Waals surface area contributed by atoms with E-state index in [2.05, 4.69) is 4.57 Å². The van der Waals surface area contributed by atoms with E-state index in [9.17, 15) is 14.0 Å². The number of halogens is 1. The highest BCUT2D eigenvalue weighted by molar-refractivity contribution is 6.02. The van der Waals surface area contributed by atoms with Crippen LogP contribution in [0.5, 0.6) is 0 Å². The molecule has 3 rings (SSSR count). The average molecular weight is 371 g/mol. The van der Waals surface area contributed by atoms with Crippen molar-refractivity contribution in [1.29, 1.82) is 0 Å². The molecule has 2 amide bonds. The summed E-state index contributed by atoms with van der Waals surface area (Å²) < 4.78 is 15.9. The fourth-order valence-electron chi connectivity index (χ4n) is 4.08. The second-order valence-corrected chi connectivity index (χ2v) is 7.00. The molecular formula is C21H26FN3O2. The van der Waals surface area contributed by atoms with Crippen molar-refractivity contribution in [2.75, 3.05) is 13.1 Å². The van der Waals surface area contributed by atoms with Gasteiger partial charge in [0.1, 0.15) is 5.82 Å². The van der Waals surface area contributed by atoms with Crippen molar-refractivity contribution in [3.63, 3.8) is 0 Å². The van der Waals surface area contributed by atoms with E-state index in [1.807, 2.05) is 18.7 Å². The van der Waals surface area contributed by atoms with Crippen molar-refractivity contribution in [1.82, 2.24) is 9.47 Å². The maximum absolute atomic E-state index is 13.8. The molecule has 1 aromatic heterocycles. The van der Waals surface area contributed by atoms with Crippen LogP contribution in [0, 0.1) is 12.7 Å². The SMILES string of the molecule is CCc1c(-c2cccc(F)c2)c(C(N)=O)c(C)n1CCCN1CCCC1=O. The van der Waals surface area contributed by atoms with Gasteiger partial charge in [0, 0.05) is 43.0 Å². The molecule has 1 aliphatic heterocycles. The van der Waals surface area contributed by atoms with E-state index in [1.165, 1.54) is 12.1 Å². The number of hydrogen-bond acceptors (Lipinski definition) is 2. The topological polar surface area (TPSA) is 68.3 Å². The predicted octanol–water partition coefficient (Wildman–Crippen LogP) is 3.28. The van der Waals surface area contributed by atoms with Crippen molar-refractivity contribution < 1.29 is 14.0 Å².